The van der Waals surface area contributed by atoms with Gasteiger partial charge in [0.05, 0.1) is 10.4 Å². The van der Waals surface area contributed by atoms with Crippen molar-refractivity contribution in [1.29, 1.82) is 0 Å². The molecule has 46 valence electrons. The van der Waals surface area contributed by atoms with Gasteiger partial charge in [-0.15, -0.1) is 0 Å². The van der Waals surface area contributed by atoms with Crippen LogP contribution in [0.1, 0.15) is 5.48 Å². The van der Waals surface area contributed by atoms with Crippen molar-refractivity contribution >= 4 is 5.69 Å². The number of aromatic nitrogens is 1. The average Bonchev–Trinajstić information content (AvgIpc) is 2.01. The second kappa shape index (κ2) is 2.21. The van der Waals surface area contributed by atoms with Gasteiger partial charge in [0.15, 0.2) is 0 Å². The zero-order valence-electron chi connectivity index (χ0n) is 8.21. The maximum atomic E-state index is 10.3. The van der Waals surface area contributed by atoms with Gasteiger partial charge in [-0.1, -0.05) is 0 Å². The Balaban J connectivity index is 3.56. The summed E-state index contributed by atoms with van der Waals surface area (Å²) in [4.78, 5) is 12.5. The minimum atomic E-state index is -0.956. The Morgan fingerprint density at radius 3 is 2.67 bits per heavy atom. The largest absolute Gasteiger partial charge is 0.272 e. The number of nitrogens with zero attached hydrogens (tertiary/aromatic N) is 2. The molecular formula is C5H4N2O2. The lowest BCUT2D eigenvalue weighted by atomic mass is 10.4. The van der Waals surface area contributed by atoms with Gasteiger partial charge in [0.2, 0.25) is 0 Å². The molecule has 1 rings (SSSR count). The molecule has 9 heavy (non-hydrogen) atoms. The van der Waals surface area contributed by atoms with Gasteiger partial charge < -0.3 is 0 Å². The molecule has 0 saturated carbocycles. The molecule has 0 amide bonds. The van der Waals surface area contributed by atoms with Crippen LogP contribution in [0.15, 0.2) is 24.4 Å². The van der Waals surface area contributed by atoms with Gasteiger partial charge in [-0.3, -0.25) is 15.1 Å². The molecule has 0 aliphatic carbocycles. The van der Waals surface area contributed by atoms with Crippen LogP contribution in [0.5, 0.6) is 0 Å². The summed E-state index contributed by atoms with van der Waals surface area (Å²) in [6, 6.07) is -1.46. The van der Waals surface area contributed by atoms with E-state index >= 15 is 0 Å². The topological polar surface area (TPSA) is 56.0 Å². The van der Waals surface area contributed by atoms with Crippen molar-refractivity contribution in [2.75, 3.05) is 0 Å². The van der Waals surface area contributed by atoms with Gasteiger partial charge in [0.1, 0.15) is 0 Å². The summed E-state index contributed by atoms with van der Waals surface area (Å²) in [7, 11) is 0. The summed E-state index contributed by atoms with van der Waals surface area (Å²) in [5.41, 5.74) is -0.843. The summed E-state index contributed by atoms with van der Waals surface area (Å²) in [5.74, 6) is 0. The van der Waals surface area contributed by atoms with Crippen LogP contribution in [-0.2, 0) is 0 Å². The third-order valence-corrected chi connectivity index (χ3v) is 0.643. The molecule has 0 bridgehead atoms. The van der Waals surface area contributed by atoms with E-state index in [0.29, 0.717) is 0 Å². The zero-order chi connectivity index (χ0) is 10.2. The van der Waals surface area contributed by atoms with Crippen molar-refractivity contribution in [2.24, 2.45) is 0 Å². The van der Waals surface area contributed by atoms with E-state index in [2.05, 4.69) is 4.98 Å². The first kappa shape index (κ1) is 2.43. The maximum absolute atomic E-state index is 10.3. The first-order valence-electron chi connectivity index (χ1n) is 4.04. The molecule has 4 nitrogen and oxygen atoms in total. The molecule has 0 aliphatic rings. The van der Waals surface area contributed by atoms with Crippen LogP contribution in [0.25, 0.3) is 0 Å². The summed E-state index contributed by atoms with van der Waals surface area (Å²) < 4.78 is 28.1. The molecule has 1 aromatic rings. The van der Waals surface area contributed by atoms with Gasteiger partial charge in [0.25, 0.3) is 5.69 Å². The molecule has 0 spiro atoms. The fourth-order valence-electron chi connectivity index (χ4n) is 0.312. The molecule has 1 heterocycles. The quantitative estimate of drug-likeness (QED) is 0.418. The van der Waals surface area contributed by atoms with E-state index in [1.807, 2.05) is 0 Å². The zero-order valence-corrected chi connectivity index (χ0v) is 4.21. The lowest BCUT2D eigenvalue weighted by molar-refractivity contribution is -0.384. The van der Waals surface area contributed by atoms with Crippen molar-refractivity contribution in [3.05, 3.63) is 34.5 Å². The van der Waals surface area contributed by atoms with Crippen LogP contribution in [-0.4, -0.2) is 9.91 Å². The summed E-state index contributed by atoms with van der Waals surface area (Å²) in [5, 5.41) is 10.3. The Bertz CT molecular complexity index is 355. The Labute approximate surface area is 56.9 Å². The number of hydrogen-bond acceptors (Lipinski definition) is 3. The minimum absolute atomic E-state index is 0.660. The number of nitro groups is 1. The smallest absolute Gasteiger partial charge is 0.264 e. The van der Waals surface area contributed by atoms with Crippen LogP contribution in [0.4, 0.5) is 5.69 Å². The van der Waals surface area contributed by atoms with Crippen LogP contribution < -0.4 is 0 Å². The highest BCUT2D eigenvalue weighted by Gasteiger charge is 1.99. The Kier molecular flexibility index (Phi) is 0.597. The molecule has 4 heteroatoms. The van der Waals surface area contributed by atoms with Gasteiger partial charge in [-0.2, -0.15) is 0 Å². The molecule has 0 fully saturated rings. The van der Waals surface area contributed by atoms with E-state index in [9.17, 15) is 10.1 Å². The van der Waals surface area contributed by atoms with Crippen molar-refractivity contribution in [3.63, 3.8) is 0 Å². The molecular weight excluding hydrogens is 120 g/mol. The van der Waals surface area contributed by atoms with E-state index in [4.69, 9.17) is 5.48 Å². The van der Waals surface area contributed by atoms with E-state index in [1.54, 1.807) is 0 Å². The number of hydrogen-bond donors (Lipinski definition) is 0. The van der Waals surface area contributed by atoms with Crippen molar-refractivity contribution in [3.8, 4) is 0 Å². The SMILES string of the molecule is [2H]c1nc([2H])c([2H])c([N+](=O)[O-])c1[2H]. The van der Waals surface area contributed by atoms with Crippen molar-refractivity contribution < 1.29 is 10.4 Å². The third-order valence-electron chi connectivity index (χ3n) is 0.643. The highest BCUT2D eigenvalue weighted by atomic mass is 16.6. The van der Waals surface area contributed by atoms with Crippen molar-refractivity contribution in [2.45, 2.75) is 0 Å². The third kappa shape index (κ3) is 1.22. The van der Waals surface area contributed by atoms with Crippen LogP contribution in [0.3, 0.4) is 0 Å². The van der Waals surface area contributed by atoms with E-state index in [1.165, 1.54) is 0 Å². The first-order chi connectivity index (χ1) is 5.95. The predicted octanol–water partition coefficient (Wildman–Crippen LogP) is 0.990. The fourth-order valence-corrected chi connectivity index (χ4v) is 0.312. The molecule has 0 unspecified atom stereocenters. The molecule has 0 N–H and O–H groups in total. The lowest BCUT2D eigenvalue weighted by Crippen LogP contribution is -1.85. The molecule has 0 radical (unpaired) electrons. The van der Waals surface area contributed by atoms with Crippen LogP contribution in [0.2, 0.25) is 0 Å². The molecule has 0 aromatic carbocycles. The second-order valence-electron chi connectivity index (χ2n) is 1.19. The average molecular weight is 128 g/mol. The first-order valence-corrected chi connectivity index (χ1v) is 2.04. The Morgan fingerprint density at radius 1 is 1.67 bits per heavy atom. The monoisotopic (exact) mass is 128 g/mol. The fraction of sp³-hybridized carbons (Fsp3) is 0. The Hall–Kier alpha value is -1.45. The van der Waals surface area contributed by atoms with E-state index in [-0.39, 0.29) is 0 Å². The maximum Gasteiger partial charge on any atom is 0.272 e. The highest BCUT2D eigenvalue weighted by Crippen LogP contribution is 2.05. The summed E-state index contributed by atoms with van der Waals surface area (Å²) >= 11 is 0. The molecule has 0 aliphatic heterocycles. The standard InChI is InChI=1S/C5H4N2O2/c8-7(9)5-1-3-6-4-2-5/h1-4H/i1D,2D,3D,4D. The number of rotatable bonds is 1. The number of pyridine rings is 1. The molecule has 0 atom stereocenters. The highest BCUT2D eigenvalue weighted by molar-refractivity contribution is 5.24. The van der Waals surface area contributed by atoms with E-state index in [0.717, 1.165) is 0 Å². The minimum Gasteiger partial charge on any atom is -0.264 e. The summed E-state index contributed by atoms with van der Waals surface area (Å²) in [6.07, 6.45) is -1.32. The lowest BCUT2D eigenvalue weighted by Gasteiger charge is -1.84. The van der Waals surface area contributed by atoms with Crippen molar-refractivity contribution in [1.82, 2.24) is 4.98 Å². The molecule has 1 aromatic heterocycles. The van der Waals surface area contributed by atoms with Gasteiger partial charge in [0, 0.05) is 24.4 Å². The van der Waals surface area contributed by atoms with Gasteiger partial charge in [-0.25, -0.2) is 0 Å². The van der Waals surface area contributed by atoms with Gasteiger partial charge >= 0.3 is 0 Å². The van der Waals surface area contributed by atoms with Crippen LogP contribution >= 0.6 is 0 Å². The predicted molar refractivity (Wildman–Crippen MR) is 30.9 cm³/mol. The normalized spacial score (nSPS) is 15.1. The second-order valence-corrected chi connectivity index (χ2v) is 1.19. The summed E-state index contributed by atoms with van der Waals surface area (Å²) in [6.45, 7) is 0. The van der Waals surface area contributed by atoms with Crippen LogP contribution in [0, 0.1) is 10.1 Å². The van der Waals surface area contributed by atoms with E-state index < -0.39 is 35.0 Å². The Morgan fingerprint density at radius 2 is 2.22 bits per heavy atom. The van der Waals surface area contributed by atoms with Gasteiger partial charge in [-0.05, 0) is 0 Å². The molecule has 0 saturated heterocycles.